The molecule has 1 amide bonds. The fourth-order valence-corrected chi connectivity index (χ4v) is 1.42. The molecule has 7 nitrogen and oxygen atoms in total. The number of nitrogens with one attached hydrogen (secondary N) is 1. The number of carbonyl (C=O) groups is 1. The smallest absolute Gasteiger partial charge is 0.261 e. The number of nitrogens with zero attached hydrogens (tertiary/aromatic N) is 4. The molecule has 0 bridgehead atoms. The summed E-state index contributed by atoms with van der Waals surface area (Å²) < 4.78 is 3.17. The van der Waals surface area contributed by atoms with Gasteiger partial charge in [0, 0.05) is 19.8 Å². The van der Waals surface area contributed by atoms with Gasteiger partial charge >= 0.3 is 0 Å². The largest absolute Gasteiger partial charge is 0.383 e. The third-order valence-electron chi connectivity index (χ3n) is 2.44. The number of aromatic nitrogens is 4. The number of carbonyl (C=O) groups excluding carboxylic acids is 1. The van der Waals surface area contributed by atoms with E-state index in [1.807, 2.05) is 6.92 Å². The van der Waals surface area contributed by atoms with Crippen molar-refractivity contribution < 1.29 is 4.79 Å². The van der Waals surface area contributed by atoms with Crippen LogP contribution in [-0.4, -0.2) is 25.5 Å². The minimum Gasteiger partial charge on any atom is -0.383 e. The molecule has 2 aromatic heterocycles. The molecule has 0 spiro atoms. The minimum atomic E-state index is -0.286. The van der Waals surface area contributed by atoms with Gasteiger partial charge in [-0.3, -0.25) is 14.2 Å². The maximum atomic E-state index is 11.9. The summed E-state index contributed by atoms with van der Waals surface area (Å²) >= 11 is 0. The predicted octanol–water partition coefficient (Wildman–Crippen LogP) is 0.471. The first-order chi connectivity index (χ1) is 8.11. The Hall–Kier alpha value is -2.31. The molecule has 0 saturated heterocycles. The first kappa shape index (κ1) is 11.2. The van der Waals surface area contributed by atoms with E-state index in [1.165, 1.54) is 10.9 Å². The fourth-order valence-electron chi connectivity index (χ4n) is 1.42. The first-order valence-corrected chi connectivity index (χ1v) is 5.23. The Morgan fingerprint density at radius 1 is 1.47 bits per heavy atom. The second-order valence-electron chi connectivity index (χ2n) is 3.61. The van der Waals surface area contributed by atoms with Crippen LogP contribution < -0.4 is 11.1 Å². The van der Waals surface area contributed by atoms with Crippen molar-refractivity contribution in [1.29, 1.82) is 0 Å². The number of rotatable bonds is 3. The lowest BCUT2D eigenvalue weighted by Gasteiger charge is -2.01. The summed E-state index contributed by atoms with van der Waals surface area (Å²) in [4.78, 5) is 11.9. The van der Waals surface area contributed by atoms with Crippen LogP contribution in [0.25, 0.3) is 0 Å². The van der Waals surface area contributed by atoms with Gasteiger partial charge in [-0.1, -0.05) is 0 Å². The van der Waals surface area contributed by atoms with Gasteiger partial charge in [-0.15, -0.1) is 0 Å². The highest BCUT2D eigenvalue weighted by molar-refractivity contribution is 6.07. The Labute approximate surface area is 98.2 Å². The van der Waals surface area contributed by atoms with Gasteiger partial charge in [0.1, 0.15) is 11.4 Å². The summed E-state index contributed by atoms with van der Waals surface area (Å²) in [6.45, 7) is 2.72. The molecule has 0 fully saturated rings. The van der Waals surface area contributed by atoms with Crippen molar-refractivity contribution in [2.75, 3.05) is 11.1 Å². The van der Waals surface area contributed by atoms with E-state index in [2.05, 4.69) is 15.5 Å². The van der Waals surface area contributed by atoms with Gasteiger partial charge in [0.05, 0.1) is 18.1 Å². The monoisotopic (exact) mass is 234 g/mol. The molecule has 0 aliphatic heterocycles. The summed E-state index contributed by atoms with van der Waals surface area (Å²) in [6.07, 6.45) is 4.79. The van der Waals surface area contributed by atoms with Crippen molar-refractivity contribution in [1.82, 2.24) is 19.6 Å². The Morgan fingerprint density at radius 2 is 2.24 bits per heavy atom. The van der Waals surface area contributed by atoms with Crippen LogP contribution in [0.5, 0.6) is 0 Å². The molecular formula is C10H14N6O. The van der Waals surface area contributed by atoms with Crippen LogP contribution in [0.4, 0.5) is 11.5 Å². The summed E-state index contributed by atoms with van der Waals surface area (Å²) in [5.74, 6) is 0.0524. The van der Waals surface area contributed by atoms with Gasteiger partial charge in [-0.05, 0) is 6.92 Å². The molecule has 0 aliphatic rings. The van der Waals surface area contributed by atoms with Gasteiger partial charge in [0.15, 0.2) is 0 Å². The molecule has 0 saturated carbocycles. The van der Waals surface area contributed by atoms with Crippen LogP contribution in [-0.2, 0) is 13.6 Å². The average Bonchev–Trinajstić information content (AvgIpc) is 2.88. The van der Waals surface area contributed by atoms with Crippen molar-refractivity contribution in [3.8, 4) is 0 Å². The van der Waals surface area contributed by atoms with Crippen LogP contribution in [0, 0.1) is 0 Å². The highest BCUT2D eigenvalue weighted by Gasteiger charge is 2.14. The third-order valence-corrected chi connectivity index (χ3v) is 2.44. The van der Waals surface area contributed by atoms with Gasteiger partial charge in [-0.25, -0.2) is 0 Å². The molecule has 0 unspecified atom stereocenters. The Kier molecular flexibility index (Phi) is 2.82. The molecular weight excluding hydrogens is 220 g/mol. The zero-order valence-electron chi connectivity index (χ0n) is 9.71. The van der Waals surface area contributed by atoms with E-state index in [0.717, 1.165) is 6.54 Å². The summed E-state index contributed by atoms with van der Waals surface area (Å²) in [5.41, 5.74) is 6.70. The average molecular weight is 234 g/mol. The molecule has 2 heterocycles. The van der Waals surface area contributed by atoms with Crippen LogP contribution in [0.3, 0.4) is 0 Å². The topological polar surface area (TPSA) is 90.8 Å². The molecule has 0 aliphatic carbocycles. The second-order valence-corrected chi connectivity index (χ2v) is 3.61. The number of amides is 1. The van der Waals surface area contributed by atoms with E-state index < -0.39 is 0 Å². The number of nitrogens with two attached hydrogens (primary N) is 1. The lowest BCUT2D eigenvalue weighted by atomic mass is 10.3. The molecule has 2 aromatic rings. The molecule has 0 radical (unpaired) electrons. The number of anilines is 2. The minimum absolute atomic E-state index is 0.286. The highest BCUT2D eigenvalue weighted by atomic mass is 16.1. The van der Waals surface area contributed by atoms with E-state index in [-0.39, 0.29) is 5.91 Å². The van der Waals surface area contributed by atoms with Crippen LogP contribution in [0.15, 0.2) is 18.6 Å². The van der Waals surface area contributed by atoms with Crippen molar-refractivity contribution in [3.63, 3.8) is 0 Å². The van der Waals surface area contributed by atoms with Gasteiger partial charge < -0.3 is 11.1 Å². The van der Waals surface area contributed by atoms with Crippen LogP contribution >= 0.6 is 0 Å². The fraction of sp³-hybridized carbons (Fsp3) is 0.300. The van der Waals surface area contributed by atoms with E-state index in [0.29, 0.717) is 17.1 Å². The summed E-state index contributed by atoms with van der Waals surface area (Å²) in [6, 6.07) is 0. The van der Waals surface area contributed by atoms with Crippen molar-refractivity contribution >= 4 is 17.4 Å². The molecule has 7 heteroatoms. The van der Waals surface area contributed by atoms with Crippen molar-refractivity contribution in [2.45, 2.75) is 13.5 Å². The number of hydrogen-bond acceptors (Lipinski definition) is 4. The Bertz CT molecular complexity index is 541. The standard InChI is InChI=1S/C10H14N6O/c1-3-16-6-7(4-13-16)14-10(17)8-5-12-15(2)9(8)11/h4-6H,3,11H2,1-2H3,(H,14,17). The quantitative estimate of drug-likeness (QED) is 0.807. The maximum Gasteiger partial charge on any atom is 0.261 e. The van der Waals surface area contributed by atoms with Gasteiger partial charge in [-0.2, -0.15) is 10.2 Å². The lowest BCUT2D eigenvalue weighted by molar-refractivity contribution is 0.102. The van der Waals surface area contributed by atoms with E-state index in [9.17, 15) is 4.79 Å². The molecule has 0 aromatic carbocycles. The van der Waals surface area contributed by atoms with Gasteiger partial charge in [0.25, 0.3) is 5.91 Å². The Morgan fingerprint density at radius 3 is 2.76 bits per heavy atom. The molecule has 3 N–H and O–H groups in total. The normalized spacial score (nSPS) is 10.5. The third kappa shape index (κ3) is 2.12. The van der Waals surface area contributed by atoms with E-state index in [1.54, 1.807) is 24.1 Å². The highest BCUT2D eigenvalue weighted by Crippen LogP contribution is 2.12. The zero-order valence-corrected chi connectivity index (χ0v) is 9.71. The molecule has 90 valence electrons. The number of hydrogen-bond donors (Lipinski definition) is 2. The summed E-state index contributed by atoms with van der Waals surface area (Å²) in [5, 5.41) is 10.7. The SMILES string of the molecule is CCn1cc(NC(=O)c2cnn(C)c2N)cn1. The maximum absolute atomic E-state index is 11.9. The predicted molar refractivity (Wildman–Crippen MR) is 63.5 cm³/mol. The molecule has 17 heavy (non-hydrogen) atoms. The molecule has 0 atom stereocenters. The lowest BCUT2D eigenvalue weighted by Crippen LogP contribution is -2.13. The number of aryl methyl sites for hydroxylation is 2. The van der Waals surface area contributed by atoms with Crippen molar-refractivity contribution in [3.05, 3.63) is 24.2 Å². The van der Waals surface area contributed by atoms with Crippen LogP contribution in [0.1, 0.15) is 17.3 Å². The number of nitrogen functional groups attached to an aromatic ring is 1. The van der Waals surface area contributed by atoms with Crippen LogP contribution in [0.2, 0.25) is 0 Å². The summed E-state index contributed by atoms with van der Waals surface area (Å²) in [7, 11) is 1.68. The van der Waals surface area contributed by atoms with Crippen molar-refractivity contribution in [2.24, 2.45) is 7.05 Å². The zero-order chi connectivity index (χ0) is 12.4. The second kappa shape index (κ2) is 4.28. The van der Waals surface area contributed by atoms with Gasteiger partial charge in [0.2, 0.25) is 0 Å². The van der Waals surface area contributed by atoms with E-state index >= 15 is 0 Å². The first-order valence-electron chi connectivity index (χ1n) is 5.23. The van der Waals surface area contributed by atoms with E-state index in [4.69, 9.17) is 5.73 Å². The molecule has 2 rings (SSSR count). The Balaban J connectivity index is 2.14.